The van der Waals surface area contributed by atoms with Gasteiger partial charge in [-0.05, 0) is 48.0 Å². The highest BCUT2D eigenvalue weighted by molar-refractivity contribution is 5.95. The van der Waals surface area contributed by atoms with Gasteiger partial charge < -0.3 is 16.0 Å². The van der Waals surface area contributed by atoms with E-state index in [0.717, 1.165) is 36.0 Å². The summed E-state index contributed by atoms with van der Waals surface area (Å²) in [5.74, 6) is 0.698. The number of rotatable bonds is 5. The minimum atomic E-state index is -0.103. The summed E-state index contributed by atoms with van der Waals surface area (Å²) in [4.78, 5) is 16.6. The van der Waals surface area contributed by atoms with E-state index in [1.165, 1.54) is 0 Å². The number of aromatic nitrogens is 2. The van der Waals surface area contributed by atoms with E-state index < -0.39 is 0 Å². The van der Waals surface area contributed by atoms with Gasteiger partial charge in [-0.1, -0.05) is 19.6 Å². The van der Waals surface area contributed by atoms with Gasteiger partial charge in [0.15, 0.2) is 5.96 Å². The molecule has 1 aliphatic heterocycles. The zero-order valence-electron chi connectivity index (χ0n) is 14.7. The summed E-state index contributed by atoms with van der Waals surface area (Å²) in [5, 5.41) is 13.5. The molecule has 7 heteroatoms. The predicted octanol–water partition coefficient (Wildman–Crippen LogP) is 2.81. The van der Waals surface area contributed by atoms with Crippen molar-refractivity contribution in [2.24, 2.45) is 4.99 Å². The Balaban J connectivity index is 0.00000225. The average molecular weight is 376 g/mol. The maximum Gasteiger partial charge on any atom is 0.251 e. The Kier molecular flexibility index (Phi) is 6.06. The quantitative estimate of drug-likeness (QED) is 0.639. The summed E-state index contributed by atoms with van der Waals surface area (Å²) >= 11 is 0. The van der Waals surface area contributed by atoms with E-state index in [1.54, 1.807) is 23.0 Å². The molecule has 0 fully saturated rings. The van der Waals surface area contributed by atoms with Crippen molar-refractivity contribution in [2.75, 3.05) is 18.4 Å². The lowest BCUT2D eigenvalue weighted by Gasteiger charge is -2.09. The number of guanidine groups is 1. The summed E-state index contributed by atoms with van der Waals surface area (Å²) in [6.07, 6.45) is 3.59. The number of amides is 1. The van der Waals surface area contributed by atoms with Crippen molar-refractivity contribution >= 4 is 17.6 Å². The molecule has 0 aliphatic carbocycles. The molecule has 0 bridgehead atoms. The highest BCUT2D eigenvalue weighted by atomic mass is 16.1. The van der Waals surface area contributed by atoms with Crippen LogP contribution in [0.1, 0.15) is 23.3 Å². The number of nitrogens with zero attached hydrogens (tertiary/aromatic N) is 3. The first-order valence-electron chi connectivity index (χ1n) is 8.80. The Bertz CT molecular complexity index is 930. The van der Waals surface area contributed by atoms with Gasteiger partial charge in [0.1, 0.15) is 0 Å². The lowest BCUT2D eigenvalue weighted by Crippen LogP contribution is -2.26. The minimum absolute atomic E-state index is 0. The number of hydrogen-bond acceptors (Lipinski definition) is 5. The van der Waals surface area contributed by atoms with E-state index in [-0.39, 0.29) is 13.3 Å². The van der Waals surface area contributed by atoms with Gasteiger partial charge in [0.2, 0.25) is 0 Å². The van der Waals surface area contributed by atoms with Gasteiger partial charge in [-0.3, -0.25) is 9.79 Å². The number of aliphatic imine (C=N–C) groups is 1. The molecule has 1 aromatic heterocycles. The molecule has 1 amide bonds. The summed E-state index contributed by atoms with van der Waals surface area (Å²) in [5.41, 5.74) is 3.53. The number of nitrogens with one attached hydrogen (secondary N) is 3. The molecule has 0 unspecified atom stereocenters. The molecule has 0 saturated carbocycles. The van der Waals surface area contributed by atoms with Crippen molar-refractivity contribution in [3.05, 3.63) is 78.1 Å². The molecule has 0 spiro atoms. The largest absolute Gasteiger partial charge is 0.354 e. The van der Waals surface area contributed by atoms with Gasteiger partial charge in [-0.25, -0.2) is 4.68 Å². The second kappa shape index (κ2) is 8.85. The fourth-order valence-corrected chi connectivity index (χ4v) is 2.80. The van der Waals surface area contributed by atoms with Crippen LogP contribution in [0.3, 0.4) is 0 Å². The molecular weight excluding hydrogens is 352 g/mol. The fraction of sp³-hybridized carbons (Fsp3) is 0.190. The van der Waals surface area contributed by atoms with Gasteiger partial charge in [0.05, 0.1) is 12.2 Å². The highest BCUT2D eigenvalue weighted by Crippen LogP contribution is 2.11. The van der Waals surface area contributed by atoms with Crippen molar-refractivity contribution in [3.63, 3.8) is 0 Å². The summed E-state index contributed by atoms with van der Waals surface area (Å²) < 4.78 is 1.75. The van der Waals surface area contributed by atoms with Gasteiger partial charge in [-0.15, -0.1) is 0 Å². The number of carbonyl (C=O) groups is 1. The van der Waals surface area contributed by atoms with Crippen LogP contribution < -0.4 is 16.0 Å². The number of hydrogen-bond donors (Lipinski definition) is 3. The Labute approximate surface area is 164 Å². The average Bonchev–Trinajstić information content (AvgIpc) is 3.42. The third-order valence-corrected chi connectivity index (χ3v) is 4.24. The molecule has 3 aromatic rings. The van der Waals surface area contributed by atoms with E-state index >= 15 is 0 Å². The van der Waals surface area contributed by atoms with Crippen LogP contribution >= 0.6 is 0 Å². The summed E-state index contributed by atoms with van der Waals surface area (Å²) in [6.45, 7) is 2.14. The first-order chi connectivity index (χ1) is 13.3. The van der Waals surface area contributed by atoms with Crippen molar-refractivity contribution < 1.29 is 4.79 Å². The normalized spacial score (nSPS) is 12.5. The summed E-state index contributed by atoms with van der Waals surface area (Å²) in [7, 11) is 0. The van der Waals surface area contributed by atoms with E-state index in [2.05, 4.69) is 26.0 Å². The number of benzene rings is 2. The lowest BCUT2D eigenvalue weighted by atomic mass is 10.1. The Morgan fingerprint density at radius 2 is 1.89 bits per heavy atom. The van der Waals surface area contributed by atoms with E-state index in [0.29, 0.717) is 12.1 Å². The Morgan fingerprint density at radius 1 is 1.11 bits per heavy atom. The molecule has 0 radical (unpaired) electrons. The zero-order chi connectivity index (χ0) is 18.5. The minimum Gasteiger partial charge on any atom is -0.354 e. The zero-order valence-corrected chi connectivity index (χ0v) is 14.7. The van der Waals surface area contributed by atoms with Crippen LogP contribution in [0.5, 0.6) is 0 Å². The maximum atomic E-state index is 12.3. The molecule has 3 N–H and O–H groups in total. The monoisotopic (exact) mass is 376 g/mol. The van der Waals surface area contributed by atoms with Crippen molar-refractivity contribution in [2.45, 2.75) is 14.0 Å². The van der Waals surface area contributed by atoms with E-state index in [1.807, 2.05) is 48.7 Å². The van der Waals surface area contributed by atoms with Crippen LogP contribution in [0, 0.1) is 0 Å². The molecule has 2 heterocycles. The molecule has 7 nitrogen and oxygen atoms in total. The molecule has 0 atom stereocenters. The number of anilines is 1. The van der Waals surface area contributed by atoms with Crippen molar-refractivity contribution in [1.82, 2.24) is 20.4 Å². The third-order valence-electron chi connectivity index (χ3n) is 4.24. The lowest BCUT2D eigenvalue weighted by molar-refractivity contribution is 0.0951. The first kappa shape index (κ1) is 19.2. The van der Waals surface area contributed by atoms with Crippen LogP contribution in [0.15, 0.2) is 72.0 Å². The standard InChI is InChI=1S/C20H20N6O.CH4/c27-19(16-4-8-18(9-5-16)26-13-1-10-24-26)23-14-15-2-6-17(7-3-15)25-20-21-11-12-22-20;/h1-10,13H,11-12,14H2,(H,23,27)(H2,21,22,25);1H4. The number of carbonyl (C=O) groups excluding carboxylic acids is 1. The van der Waals surface area contributed by atoms with Crippen LogP contribution in [0.4, 0.5) is 5.69 Å². The fourth-order valence-electron chi connectivity index (χ4n) is 2.80. The van der Waals surface area contributed by atoms with Gasteiger partial charge in [0.25, 0.3) is 5.91 Å². The summed E-state index contributed by atoms with van der Waals surface area (Å²) in [6, 6.07) is 17.1. The third kappa shape index (κ3) is 4.56. The van der Waals surface area contributed by atoms with Crippen LogP contribution in [0.2, 0.25) is 0 Å². The van der Waals surface area contributed by atoms with Crippen LogP contribution in [-0.4, -0.2) is 34.7 Å². The molecular formula is C21H24N6O. The molecule has 28 heavy (non-hydrogen) atoms. The molecule has 0 saturated heterocycles. The van der Waals surface area contributed by atoms with Gasteiger partial charge in [-0.2, -0.15) is 5.10 Å². The maximum absolute atomic E-state index is 12.3. The second-order valence-corrected chi connectivity index (χ2v) is 6.16. The van der Waals surface area contributed by atoms with E-state index in [4.69, 9.17) is 0 Å². The Morgan fingerprint density at radius 3 is 2.54 bits per heavy atom. The second-order valence-electron chi connectivity index (χ2n) is 6.16. The molecule has 1 aliphatic rings. The smallest absolute Gasteiger partial charge is 0.251 e. The van der Waals surface area contributed by atoms with Crippen LogP contribution in [0.25, 0.3) is 5.69 Å². The van der Waals surface area contributed by atoms with Crippen molar-refractivity contribution in [3.8, 4) is 5.69 Å². The van der Waals surface area contributed by atoms with Crippen molar-refractivity contribution in [1.29, 1.82) is 0 Å². The van der Waals surface area contributed by atoms with Gasteiger partial charge in [0, 0.05) is 36.7 Å². The van der Waals surface area contributed by atoms with Gasteiger partial charge >= 0.3 is 0 Å². The Hall–Kier alpha value is -3.61. The molecule has 2 aromatic carbocycles. The van der Waals surface area contributed by atoms with E-state index in [9.17, 15) is 4.79 Å². The SMILES string of the molecule is C.O=C(NCc1ccc(NC2=NCCN2)cc1)c1ccc(-n2cccn2)cc1. The first-order valence-corrected chi connectivity index (χ1v) is 8.80. The predicted molar refractivity (Wildman–Crippen MR) is 112 cm³/mol. The molecule has 144 valence electrons. The highest BCUT2D eigenvalue weighted by Gasteiger charge is 2.07. The topological polar surface area (TPSA) is 83.3 Å². The van der Waals surface area contributed by atoms with Crippen LogP contribution in [-0.2, 0) is 6.54 Å². The molecule has 4 rings (SSSR count).